The van der Waals surface area contributed by atoms with Crippen molar-refractivity contribution in [2.75, 3.05) is 53.0 Å². The number of carbonyl (C=O) groups is 2. The number of rotatable bonds is 7. The maximum absolute atomic E-state index is 12.5. The number of carbonyl (C=O) groups excluding carboxylic acids is 2. The Bertz CT molecular complexity index is 467. The number of hydrogen-bond donors (Lipinski definition) is 0. The number of ether oxygens (including phenoxy) is 1. The Morgan fingerprint density at radius 2 is 2.16 bits per heavy atom. The molecule has 2 unspecified atom stereocenters. The molecule has 2 amide bonds. The molecule has 0 N–H and O–H groups in total. The van der Waals surface area contributed by atoms with E-state index < -0.39 is 0 Å². The van der Waals surface area contributed by atoms with Crippen molar-refractivity contribution in [2.24, 2.45) is 5.92 Å². The van der Waals surface area contributed by atoms with Crippen LogP contribution in [-0.4, -0.2) is 85.8 Å². The minimum Gasteiger partial charge on any atom is -0.385 e. The molecule has 3 saturated heterocycles. The fourth-order valence-electron chi connectivity index (χ4n) is 4.30. The normalized spacial score (nSPS) is 27.6. The molecule has 0 aromatic heterocycles. The highest BCUT2D eigenvalue weighted by molar-refractivity contribution is 5.78. The minimum absolute atomic E-state index is 0.219. The van der Waals surface area contributed by atoms with Crippen LogP contribution in [0.25, 0.3) is 0 Å². The van der Waals surface area contributed by atoms with Gasteiger partial charge in [0.2, 0.25) is 11.8 Å². The van der Waals surface area contributed by atoms with Gasteiger partial charge in [0, 0.05) is 65.3 Å². The number of methoxy groups -OCH3 is 1. The van der Waals surface area contributed by atoms with Gasteiger partial charge in [-0.1, -0.05) is 0 Å². The fourth-order valence-corrected chi connectivity index (χ4v) is 4.30. The molecule has 7 heteroatoms. The summed E-state index contributed by atoms with van der Waals surface area (Å²) in [7, 11) is 1.69. The molecule has 0 radical (unpaired) electrons. The van der Waals surface area contributed by atoms with E-state index in [-0.39, 0.29) is 11.8 Å². The topological polar surface area (TPSA) is 62.3 Å². The van der Waals surface area contributed by atoms with E-state index in [9.17, 15) is 9.59 Å². The van der Waals surface area contributed by atoms with Gasteiger partial charge in [0.05, 0.1) is 6.61 Å². The molecule has 0 bridgehead atoms. The van der Waals surface area contributed by atoms with E-state index in [1.165, 1.54) is 0 Å². The van der Waals surface area contributed by atoms with E-state index in [1.54, 1.807) is 7.11 Å². The zero-order chi connectivity index (χ0) is 17.6. The largest absolute Gasteiger partial charge is 0.385 e. The number of fused-ring (bicyclic) bond motifs is 1. The lowest BCUT2D eigenvalue weighted by Gasteiger charge is -2.47. The average molecular weight is 353 g/mol. The van der Waals surface area contributed by atoms with Gasteiger partial charge in [0.1, 0.15) is 0 Å². The summed E-state index contributed by atoms with van der Waals surface area (Å²) in [5.41, 5.74) is 0. The lowest BCUT2D eigenvalue weighted by atomic mass is 9.83. The fraction of sp³-hybridized carbons (Fsp3) is 0.889. The third-order valence-corrected chi connectivity index (χ3v) is 5.64. The van der Waals surface area contributed by atoms with Crippen molar-refractivity contribution >= 4 is 11.8 Å². The number of hydroxylamine groups is 2. The monoisotopic (exact) mass is 353 g/mol. The zero-order valence-corrected chi connectivity index (χ0v) is 15.3. The van der Waals surface area contributed by atoms with Gasteiger partial charge in [-0.2, -0.15) is 5.06 Å². The van der Waals surface area contributed by atoms with Crippen LogP contribution < -0.4 is 0 Å². The first kappa shape index (κ1) is 18.6. The molecule has 3 aliphatic rings. The highest BCUT2D eigenvalue weighted by Gasteiger charge is 2.39. The van der Waals surface area contributed by atoms with Crippen LogP contribution in [0.4, 0.5) is 0 Å². The van der Waals surface area contributed by atoms with Gasteiger partial charge in [-0.15, -0.1) is 0 Å². The van der Waals surface area contributed by atoms with E-state index in [4.69, 9.17) is 9.57 Å². The van der Waals surface area contributed by atoms with Crippen molar-refractivity contribution in [3.05, 3.63) is 0 Å². The predicted molar refractivity (Wildman–Crippen MR) is 92.7 cm³/mol. The lowest BCUT2D eigenvalue weighted by Crippen LogP contribution is -2.57. The van der Waals surface area contributed by atoms with Crippen molar-refractivity contribution < 1.29 is 19.2 Å². The van der Waals surface area contributed by atoms with Crippen LogP contribution in [0.1, 0.15) is 38.5 Å². The van der Waals surface area contributed by atoms with Gasteiger partial charge >= 0.3 is 0 Å². The molecule has 3 aliphatic heterocycles. The van der Waals surface area contributed by atoms with Crippen molar-refractivity contribution in [1.82, 2.24) is 14.9 Å². The smallest absolute Gasteiger partial charge is 0.223 e. The van der Waals surface area contributed by atoms with E-state index in [2.05, 4.69) is 0 Å². The Morgan fingerprint density at radius 1 is 1.28 bits per heavy atom. The summed E-state index contributed by atoms with van der Waals surface area (Å²) in [4.78, 5) is 34.3. The lowest BCUT2D eigenvalue weighted by molar-refractivity contribution is -0.146. The van der Waals surface area contributed by atoms with Gasteiger partial charge in [0.25, 0.3) is 0 Å². The minimum atomic E-state index is 0.219. The van der Waals surface area contributed by atoms with Crippen LogP contribution >= 0.6 is 0 Å². The second kappa shape index (κ2) is 8.96. The second-order valence-corrected chi connectivity index (χ2v) is 7.29. The summed E-state index contributed by atoms with van der Waals surface area (Å²) in [6.07, 6.45) is 4.86. The van der Waals surface area contributed by atoms with E-state index in [0.717, 1.165) is 58.5 Å². The first-order valence-corrected chi connectivity index (χ1v) is 9.63. The van der Waals surface area contributed by atoms with E-state index in [0.29, 0.717) is 38.0 Å². The van der Waals surface area contributed by atoms with Gasteiger partial charge in [0.15, 0.2) is 0 Å². The summed E-state index contributed by atoms with van der Waals surface area (Å²) < 4.78 is 5.12. The Balaban J connectivity index is 1.48. The van der Waals surface area contributed by atoms with Gasteiger partial charge in [-0.05, 0) is 31.6 Å². The molecule has 0 saturated carbocycles. The van der Waals surface area contributed by atoms with Gasteiger partial charge in [-0.3, -0.25) is 14.4 Å². The maximum Gasteiger partial charge on any atom is 0.223 e. The molecular weight excluding hydrogens is 322 g/mol. The molecule has 142 valence electrons. The number of amides is 2. The molecule has 3 fully saturated rings. The quantitative estimate of drug-likeness (QED) is 0.636. The van der Waals surface area contributed by atoms with Crippen LogP contribution in [-0.2, 0) is 19.2 Å². The zero-order valence-electron chi connectivity index (χ0n) is 15.3. The Hall–Kier alpha value is -1.18. The SMILES string of the molecule is COCCCN1C(=O)CCC2CN(C(=O)CCN3CCCO3)CCC21. The maximum atomic E-state index is 12.5. The third-order valence-electron chi connectivity index (χ3n) is 5.64. The van der Waals surface area contributed by atoms with Crippen LogP contribution in [0.5, 0.6) is 0 Å². The summed E-state index contributed by atoms with van der Waals surface area (Å²) in [6.45, 7) is 5.39. The Morgan fingerprint density at radius 3 is 2.92 bits per heavy atom. The number of piperidine rings is 2. The van der Waals surface area contributed by atoms with Crippen molar-refractivity contribution in [2.45, 2.75) is 44.6 Å². The van der Waals surface area contributed by atoms with Crippen molar-refractivity contribution in [3.63, 3.8) is 0 Å². The third kappa shape index (κ3) is 4.71. The van der Waals surface area contributed by atoms with E-state index >= 15 is 0 Å². The molecule has 3 rings (SSSR count). The van der Waals surface area contributed by atoms with Crippen LogP contribution in [0.15, 0.2) is 0 Å². The Labute approximate surface area is 150 Å². The predicted octanol–water partition coefficient (Wildman–Crippen LogP) is 0.890. The summed E-state index contributed by atoms with van der Waals surface area (Å²) >= 11 is 0. The van der Waals surface area contributed by atoms with Crippen molar-refractivity contribution in [1.29, 1.82) is 0 Å². The number of nitrogens with zero attached hydrogens (tertiary/aromatic N) is 3. The van der Waals surface area contributed by atoms with Gasteiger partial charge < -0.3 is 14.5 Å². The molecule has 7 nitrogen and oxygen atoms in total. The summed E-state index contributed by atoms with van der Waals surface area (Å²) in [6, 6.07) is 0.295. The Kier molecular flexibility index (Phi) is 6.67. The molecule has 0 spiro atoms. The van der Waals surface area contributed by atoms with Crippen molar-refractivity contribution in [3.8, 4) is 0 Å². The molecule has 0 aromatic carbocycles. The number of likely N-dealkylation sites (tertiary alicyclic amines) is 2. The van der Waals surface area contributed by atoms with Gasteiger partial charge in [-0.25, -0.2) is 0 Å². The molecule has 25 heavy (non-hydrogen) atoms. The molecule has 0 aromatic rings. The van der Waals surface area contributed by atoms with Crippen LogP contribution in [0, 0.1) is 5.92 Å². The summed E-state index contributed by atoms with van der Waals surface area (Å²) in [5, 5.41) is 1.90. The number of hydrogen-bond acceptors (Lipinski definition) is 5. The average Bonchev–Trinajstić information content (AvgIpc) is 3.15. The highest BCUT2D eigenvalue weighted by atomic mass is 16.7. The molecule has 3 heterocycles. The molecule has 0 aliphatic carbocycles. The van der Waals surface area contributed by atoms with Crippen LogP contribution in [0.3, 0.4) is 0 Å². The van der Waals surface area contributed by atoms with Crippen LogP contribution in [0.2, 0.25) is 0 Å². The standard InChI is InChI=1S/C18H31N3O4/c1-24-12-3-9-21-16-6-10-19(14-15(16)4-5-18(21)23)17(22)7-11-20-8-2-13-25-20/h15-16H,2-14H2,1H3. The summed E-state index contributed by atoms with van der Waals surface area (Å²) in [5.74, 6) is 0.904. The molecule has 2 atom stereocenters. The first-order chi connectivity index (χ1) is 12.2. The highest BCUT2D eigenvalue weighted by Crippen LogP contribution is 2.31. The van der Waals surface area contributed by atoms with E-state index in [1.807, 2.05) is 14.9 Å². The molecular formula is C18H31N3O4. The first-order valence-electron chi connectivity index (χ1n) is 9.63. The second-order valence-electron chi connectivity index (χ2n) is 7.29.